The Morgan fingerprint density at radius 3 is 1.94 bits per heavy atom. The maximum absolute atomic E-state index is 11.8. The van der Waals surface area contributed by atoms with Crippen molar-refractivity contribution in [1.82, 2.24) is 0 Å². The molecule has 13 nitrogen and oxygen atoms in total. The zero-order valence-corrected chi connectivity index (χ0v) is 31.9. The van der Waals surface area contributed by atoms with E-state index in [1.165, 1.54) is 48.6 Å². The third-order valence-corrected chi connectivity index (χ3v) is 8.08. The second-order valence-corrected chi connectivity index (χ2v) is 11.9. The van der Waals surface area contributed by atoms with Gasteiger partial charge in [-0.2, -0.15) is 15.3 Å². The van der Waals surface area contributed by atoms with Crippen LogP contribution in [0.1, 0.15) is 0 Å². The Bertz CT molecular complexity index is 2350. The van der Waals surface area contributed by atoms with E-state index < -0.39 is 32.3 Å². The molecule has 0 aliphatic heterocycles. The van der Waals surface area contributed by atoms with Crippen molar-refractivity contribution in [2.45, 2.75) is 4.90 Å². The van der Waals surface area contributed by atoms with Crippen molar-refractivity contribution in [3.63, 3.8) is 0 Å². The molecule has 2 N–H and O–H groups in total. The fourth-order valence-electron chi connectivity index (χ4n) is 4.74. The molecule has 2 aliphatic carbocycles. The van der Waals surface area contributed by atoms with Crippen LogP contribution in [0.15, 0.2) is 152 Å². The largest absolute Gasteiger partial charge is 1.00 e. The van der Waals surface area contributed by atoms with Gasteiger partial charge in [0, 0.05) is 16.3 Å². The van der Waals surface area contributed by atoms with E-state index in [4.69, 9.17) is 0 Å². The van der Waals surface area contributed by atoms with Crippen LogP contribution in [0, 0.1) is 0 Å². The Balaban J connectivity index is 0.00000292. The van der Waals surface area contributed by atoms with Crippen LogP contribution < -0.4 is 75.1 Å². The minimum atomic E-state index is -4.74. The summed E-state index contributed by atoms with van der Waals surface area (Å²) in [6.45, 7) is 0. The SMILES string of the molecule is O=C1C=CC(=NNc2ccc(N=Nc3ccc(-c4ccc(N/N=C5/C=CC(=O)C(C(=O)[O-])=C5)cc4)cc3)c3ccc(S(=O)(=O)[O-])cc23)C=C1.[Na+].[Na+]. The third kappa shape index (κ3) is 9.78. The van der Waals surface area contributed by atoms with Gasteiger partial charge in [-0.15, -0.1) is 5.11 Å². The molecule has 0 radical (unpaired) electrons. The van der Waals surface area contributed by atoms with E-state index in [9.17, 15) is 32.5 Å². The fraction of sp³-hybridized carbons (Fsp3) is 0. The summed E-state index contributed by atoms with van der Waals surface area (Å²) in [6, 6.07) is 21.8. The number of nitrogens with one attached hydrogen (secondary N) is 2. The number of fused-ring (bicyclic) bond motifs is 1. The minimum absolute atomic E-state index is 0. The van der Waals surface area contributed by atoms with Crippen molar-refractivity contribution in [3.8, 4) is 11.1 Å². The van der Waals surface area contributed by atoms with Crippen molar-refractivity contribution in [1.29, 1.82) is 0 Å². The molecular formula is C35H22N6Na2O7S. The van der Waals surface area contributed by atoms with Gasteiger partial charge in [0.05, 0.1) is 45.0 Å². The molecule has 0 atom stereocenters. The van der Waals surface area contributed by atoms with Gasteiger partial charge in [0.1, 0.15) is 10.1 Å². The van der Waals surface area contributed by atoms with E-state index in [2.05, 4.69) is 31.3 Å². The standard InChI is InChI=1S/C35H24N6O7S.2Na/c42-27-12-9-25(10-13-27)38-41-33-17-16-32(29-15-14-28(20-30(29)33)49(46,47)48)40-37-24-7-3-22(4-8-24)21-1-5-23(6-2-21)36-39-26-11-18-34(43)31(19-26)35(44)45;;/h1-20,36,41H,(H,44,45)(H,46,47,48);;/q;2*+1/p-2/b39-26-,40-37?;;. The van der Waals surface area contributed by atoms with E-state index in [-0.39, 0.29) is 70.6 Å². The molecule has 2 aliphatic rings. The predicted octanol–water partition coefficient (Wildman–Crippen LogP) is -1.12. The summed E-state index contributed by atoms with van der Waals surface area (Å²) in [4.78, 5) is 33.7. The number of hydrazone groups is 2. The summed E-state index contributed by atoms with van der Waals surface area (Å²) < 4.78 is 35.3. The molecule has 4 aromatic rings. The number of hydrogen-bond donors (Lipinski definition) is 2. The molecule has 6 rings (SSSR count). The summed E-state index contributed by atoms with van der Waals surface area (Å²) in [5.74, 6) is -2.39. The van der Waals surface area contributed by atoms with E-state index in [1.54, 1.807) is 36.4 Å². The fourth-order valence-corrected chi connectivity index (χ4v) is 5.24. The average Bonchev–Trinajstić information content (AvgIpc) is 3.10. The number of carboxylic acids is 1. The summed E-state index contributed by atoms with van der Waals surface area (Å²) in [5.41, 5.74) is 9.76. The van der Waals surface area contributed by atoms with Gasteiger partial charge in [-0.1, -0.05) is 30.3 Å². The van der Waals surface area contributed by atoms with Gasteiger partial charge in [-0.25, -0.2) is 8.42 Å². The molecule has 0 spiro atoms. The van der Waals surface area contributed by atoms with Crippen molar-refractivity contribution in [2.24, 2.45) is 20.4 Å². The number of anilines is 2. The van der Waals surface area contributed by atoms with Crippen LogP contribution >= 0.6 is 0 Å². The molecule has 0 saturated heterocycles. The molecule has 0 fully saturated rings. The molecule has 0 bridgehead atoms. The molecule has 16 heteroatoms. The van der Waals surface area contributed by atoms with Crippen LogP contribution in [0.25, 0.3) is 21.9 Å². The Morgan fingerprint density at radius 2 is 1.29 bits per heavy atom. The summed E-state index contributed by atoms with van der Waals surface area (Å²) in [6.07, 6.45) is 9.44. The normalized spacial score (nSPS) is 14.6. The van der Waals surface area contributed by atoms with Crippen LogP contribution in [0.4, 0.5) is 22.7 Å². The average molecular weight is 717 g/mol. The zero-order valence-electron chi connectivity index (χ0n) is 27.1. The Hall–Kier alpha value is -4.64. The number of azo groups is 1. The second kappa shape index (κ2) is 17.0. The van der Waals surface area contributed by atoms with Crippen molar-refractivity contribution in [2.75, 3.05) is 10.9 Å². The molecule has 0 saturated carbocycles. The quantitative estimate of drug-likeness (QED) is 0.0537. The van der Waals surface area contributed by atoms with Gasteiger partial charge in [0.15, 0.2) is 11.6 Å². The monoisotopic (exact) mass is 716 g/mol. The van der Waals surface area contributed by atoms with E-state index in [0.717, 1.165) is 23.3 Å². The smallest absolute Gasteiger partial charge is 0.744 e. The first kappa shape index (κ1) is 39.2. The van der Waals surface area contributed by atoms with Gasteiger partial charge in [0.2, 0.25) is 0 Å². The molecule has 0 unspecified atom stereocenters. The van der Waals surface area contributed by atoms with Gasteiger partial charge in [0.25, 0.3) is 0 Å². The first-order chi connectivity index (χ1) is 23.5. The number of ketones is 2. The number of carbonyl (C=O) groups is 3. The van der Waals surface area contributed by atoms with Crippen molar-refractivity contribution >= 4 is 72.6 Å². The maximum atomic E-state index is 11.8. The van der Waals surface area contributed by atoms with Crippen LogP contribution in [-0.2, 0) is 24.5 Å². The van der Waals surface area contributed by atoms with Gasteiger partial charge >= 0.3 is 59.1 Å². The number of benzene rings is 4. The predicted molar refractivity (Wildman–Crippen MR) is 181 cm³/mol. The molecule has 0 heterocycles. The Kier molecular flexibility index (Phi) is 13.1. The van der Waals surface area contributed by atoms with E-state index >= 15 is 0 Å². The van der Waals surface area contributed by atoms with Crippen LogP contribution in [0.3, 0.4) is 0 Å². The Morgan fingerprint density at radius 1 is 0.667 bits per heavy atom. The Labute approximate surface area is 335 Å². The topological polar surface area (TPSA) is 205 Å². The van der Waals surface area contributed by atoms with Crippen molar-refractivity contribution in [3.05, 3.63) is 127 Å². The molecule has 51 heavy (non-hydrogen) atoms. The maximum Gasteiger partial charge on any atom is 1.00 e. The second-order valence-electron chi connectivity index (χ2n) is 10.5. The van der Waals surface area contributed by atoms with Gasteiger partial charge in [-0.3, -0.25) is 20.4 Å². The number of aliphatic carboxylic acids is 1. The van der Waals surface area contributed by atoms with Gasteiger partial charge < -0.3 is 14.5 Å². The summed E-state index contributed by atoms with van der Waals surface area (Å²) >= 11 is 0. The van der Waals surface area contributed by atoms with E-state index in [0.29, 0.717) is 39.2 Å². The summed E-state index contributed by atoms with van der Waals surface area (Å²) in [7, 11) is -4.74. The molecule has 4 aromatic carbocycles. The number of allylic oxidation sites excluding steroid dienone is 7. The molecule has 0 amide bonds. The van der Waals surface area contributed by atoms with Gasteiger partial charge in [-0.05, 0) is 102 Å². The number of nitrogens with zero attached hydrogens (tertiary/aromatic N) is 4. The van der Waals surface area contributed by atoms with E-state index in [1.807, 2.05) is 24.3 Å². The van der Waals surface area contributed by atoms with Crippen LogP contribution in [0.5, 0.6) is 0 Å². The van der Waals surface area contributed by atoms with Crippen molar-refractivity contribution < 1.29 is 91.6 Å². The first-order valence-corrected chi connectivity index (χ1v) is 15.8. The minimum Gasteiger partial charge on any atom is -0.744 e. The third-order valence-electron chi connectivity index (χ3n) is 7.25. The number of carboxylic acid groups (broad SMARTS) is 1. The molecular weight excluding hydrogens is 694 g/mol. The number of hydrogen-bond acceptors (Lipinski definition) is 13. The van der Waals surface area contributed by atoms with Crippen LogP contribution in [-0.4, -0.2) is 41.9 Å². The zero-order chi connectivity index (χ0) is 34.5. The number of rotatable bonds is 9. The molecule has 242 valence electrons. The molecule has 0 aromatic heterocycles. The van der Waals surface area contributed by atoms with Crippen LogP contribution in [0.2, 0.25) is 0 Å². The first-order valence-electron chi connectivity index (χ1n) is 14.4. The number of carbonyl (C=O) groups excluding carboxylic acids is 3. The summed E-state index contributed by atoms with van der Waals surface area (Å²) in [5, 5.41) is 29.1.